The molecule has 0 N–H and O–H groups in total. The second-order valence-electron chi connectivity index (χ2n) is 4.53. The lowest BCUT2D eigenvalue weighted by molar-refractivity contribution is -0.133. The number of nitrogens with zero attached hydrogens (tertiary/aromatic N) is 5. The van der Waals surface area contributed by atoms with E-state index >= 15 is 0 Å². The molecule has 6 heteroatoms. The summed E-state index contributed by atoms with van der Waals surface area (Å²) in [6, 6.07) is 9.96. The Morgan fingerprint density at radius 1 is 1.16 bits per heavy atom. The first-order valence-corrected chi connectivity index (χ1v) is 6.38. The fourth-order valence-corrected chi connectivity index (χ4v) is 2.14. The summed E-state index contributed by atoms with van der Waals surface area (Å²) in [5.41, 5.74) is 2.03. The molecule has 98 valence electrons. The third-order valence-electron chi connectivity index (χ3n) is 3.16. The Labute approximate surface area is 111 Å². The van der Waals surface area contributed by atoms with Crippen molar-refractivity contribution in [2.45, 2.75) is 12.8 Å². The highest BCUT2D eigenvalue weighted by molar-refractivity contribution is 6.04. The van der Waals surface area contributed by atoms with Crippen LogP contribution in [0, 0.1) is 0 Å². The molecule has 19 heavy (non-hydrogen) atoms. The third kappa shape index (κ3) is 2.62. The molecular formula is C13H15N5O. The molecule has 0 spiro atoms. The normalized spacial score (nSPS) is 18.9. The van der Waals surface area contributed by atoms with E-state index in [1.54, 1.807) is 5.01 Å². The van der Waals surface area contributed by atoms with Gasteiger partial charge in [0, 0.05) is 12.8 Å². The van der Waals surface area contributed by atoms with Crippen molar-refractivity contribution in [2.75, 3.05) is 19.8 Å². The summed E-state index contributed by atoms with van der Waals surface area (Å²) < 4.78 is 0. The number of benzene rings is 1. The maximum atomic E-state index is 11.9. The van der Waals surface area contributed by atoms with E-state index in [1.165, 1.54) is 5.01 Å². The molecule has 3 rings (SSSR count). The second-order valence-corrected chi connectivity index (χ2v) is 4.53. The summed E-state index contributed by atoms with van der Waals surface area (Å²) >= 11 is 0. The molecule has 0 radical (unpaired) electrons. The third-order valence-corrected chi connectivity index (χ3v) is 3.16. The highest BCUT2D eigenvalue weighted by atomic mass is 16.2. The van der Waals surface area contributed by atoms with Crippen LogP contribution in [0.2, 0.25) is 0 Å². The summed E-state index contributed by atoms with van der Waals surface area (Å²) in [4.78, 5) is 11.9. The van der Waals surface area contributed by atoms with Crippen molar-refractivity contribution in [2.24, 2.45) is 15.4 Å². The van der Waals surface area contributed by atoms with Crippen molar-refractivity contribution >= 4 is 11.6 Å². The molecule has 2 aliphatic heterocycles. The van der Waals surface area contributed by atoms with Gasteiger partial charge in [0.1, 0.15) is 6.67 Å². The van der Waals surface area contributed by atoms with Gasteiger partial charge in [-0.2, -0.15) is 10.2 Å². The van der Waals surface area contributed by atoms with Gasteiger partial charge in [0.2, 0.25) is 5.91 Å². The van der Waals surface area contributed by atoms with Crippen LogP contribution in [0.1, 0.15) is 18.4 Å². The van der Waals surface area contributed by atoms with E-state index in [0.29, 0.717) is 26.1 Å². The summed E-state index contributed by atoms with van der Waals surface area (Å²) in [5, 5.41) is 15.6. The lowest BCUT2D eigenvalue weighted by Crippen LogP contribution is -2.38. The van der Waals surface area contributed by atoms with Crippen LogP contribution < -0.4 is 0 Å². The van der Waals surface area contributed by atoms with Crippen molar-refractivity contribution in [1.82, 2.24) is 10.0 Å². The Bertz CT molecular complexity index is 525. The number of hydrogen-bond donors (Lipinski definition) is 0. The van der Waals surface area contributed by atoms with Crippen molar-refractivity contribution in [3.8, 4) is 0 Å². The molecule has 2 aliphatic rings. The smallest absolute Gasteiger partial charge is 0.244 e. The number of hydrazone groups is 1. The second kappa shape index (κ2) is 5.17. The predicted octanol–water partition coefficient (Wildman–Crippen LogP) is 1.65. The number of amides is 1. The van der Waals surface area contributed by atoms with Crippen molar-refractivity contribution in [3.05, 3.63) is 35.9 Å². The van der Waals surface area contributed by atoms with Gasteiger partial charge in [0.05, 0.1) is 18.8 Å². The lowest BCUT2D eigenvalue weighted by Gasteiger charge is -2.26. The zero-order chi connectivity index (χ0) is 13.1. The molecule has 0 unspecified atom stereocenters. The van der Waals surface area contributed by atoms with Crippen LogP contribution in [-0.4, -0.2) is 41.4 Å². The fraction of sp³-hybridized carbons (Fsp3) is 0.385. The topological polar surface area (TPSA) is 60.6 Å². The number of hydrogen-bond acceptors (Lipinski definition) is 5. The lowest BCUT2D eigenvalue weighted by atomic mass is 10.0. The molecule has 0 saturated heterocycles. The van der Waals surface area contributed by atoms with Crippen LogP contribution in [0.5, 0.6) is 0 Å². The molecule has 0 fully saturated rings. The largest absolute Gasteiger partial charge is 0.273 e. The number of carbonyl (C=O) groups is 1. The predicted molar refractivity (Wildman–Crippen MR) is 70.4 cm³/mol. The molecule has 0 atom stereocenters. The van der Waals surface area contributed by atoms with Gasteiger partial charge in [-0.15, -0.1) is 0 Å². The zero-order valence-corrected chi connectivity index (χ0v) is 10.6. The van der Waals surface area contributed by atoms with Crippen LogP contribution in [0.3, 0.4) is 0 Å². The Balaban J connectivity index is 1.78. The number of rotatable bonds is 3. The Hall–Kier alpha value is -2.24. The van der Waals surface area contributed by atoms with Gasteiger partial charge in [-0.05, 0) is 5.56 Å². The summed E-state index contributed by atoms with van der Waals surface area (Å²) in [6.07, 6.45) is 1.19. The molecule has 1 amide bonds. The van der Waals surface area contributed by atoms with Gasteiger partial charge in [0.15, 0.2) is 0 Å². The van der Waals surface area contributed by atoms with Crippen molar-refractivity contribution < 1.29 is 4.79 Å². The Kier molecular flexibility index (Phi) is 3.22. The van der Waals surface area contributed by atoms with E-state index in [4.69, 9.17) is 0 Å². The first-order chi connectivity index (χ1) is 9.33. The Morgan fingerprint density at radius 3 is 2.74 bits per heavy atom. The first-order valence-electron chi connectivity index (χ1n) is 6.38. The molecule has 0 saturated carbocycles. The Morgan fingerprint density at radius 2 is 2.00 bits per heavy atom. The highest BCUT2D eigenvalue weighted by Crippen LogP contribution is 2.16. The monoisotopic (exact) mass is 257 g/mol. The quantitative estimate of drug-likeness (QED) is 0.826. The molecule has 0 aliphatic carbocycles. The van der Waals surface area contributed by atoms with E-state index in [2.05, 4.69) is 15.4 Å². The zero-order valence-electron chi connectivity index (χ0n) is 10.6. The van der Waals surface area contributed by atoms with Gasteiger partial charge in [0.25, 0.3) is 0 Å². The summed E-state index contributed by atoms with van der Waals surface area (Å²) in [7, 11) is 0. The average Bonchev–Trinajstić information content (AvgIpc) is 2.95. The summed E-state index contributed by atoms with van der Waals surface area (Å²) in [5.74, 6) is 0.0433. The molecule has 0 bridgehead atoms. The van der Waals surface area contributed by atoms with E-state index in [9.17, 15) is 4.79 Å². The summed E-state index contributed by atoms with van der Waals surface area (Å²) in [6.45, 7) is 1.83. The maximum absolute atomic E-state index is 11.9. The van der Waals surface area contributed by atoms with Gasteiger partial charge in [-0.1, -0.05) is 35.6 Å². The molecule has 0 aromatic heterocycles. The van der Waals surface area contributed by atoms with Crippen LogP contribution in [0.15, 0.2) is 45.8 Å². The molecule has 1 aromatic carbocycles. The minimum Gasteiger partial charge on any atom is -0.273 e. The maximum Gasteiger partial charge on any atom is 0.244 e. The van der Waals surface area contributed by atoms with Crippen LogP contribution in [0.4, 0.5) is 0 Å². The van der Waals surface area contributed by atoms with Gasteiger partial charge >= 0.3 is 0 Å². The molecule has 6 nitrogen and oxygen atoms in total. The van der Waals surface area contributed by atoms with Gasteiger partial charge < -0.3 is 0 Å². The van der Waals surface area contributed by atoms with Crippen LogP contribution >= 0.6 is 0 Å². The minimum atomic E-state index is 0.0433. The highest BCUT2D eigenvalue weighted by Gasteiger charge is 2.23. The molecule has 2 heterocycles. The SMILES string of the molecule is O=C1CCC(c2ccccc2)=NN1CN1CCN=N1. The number of carbonyl (C=O) groups excluding carboxylic acids is 1. The minimum absolute atomic E-state index is 0.0433. The molecule has 1 aromatic rings. The van der Waals surface area contributed by atoms with Crippen LogP contribution in [0.25, 0.3) is 0 Å². The first kappa shape index (κ1) is 11.8. The fourth-order valence-electron chi connectivity index (χ4n) is 2.14. The average molecular weight is 257 g/mol. The van der Waals surface area contributed by atoms with E-state index in [0.717, 1.165) is 17.8 Å². The van der Waals surface area contributed by atoms with E-state index < -0.39 is 0 Å². The van der Waals surface area contributed by atoms with E-state index in [-0.39, 0.29) is 5.91 Å². The van der Waals surface area contributed by atoms with Crippen LogP contribution in [-0.2, 0) is 4.79 Å². The van der Waals surface area contributed by atoms with Crippen molar-refractivity contribution in [3.63, 3.8) is 0 Å². The van der Waals surface area contributed by atoms with Gasteiger partial charge in [-0.3, -0.25) is 9.80 Å². The standard InChI is InChI=1S/C13H15N5O/c19-13-7-6-12(11-4-2-1-3-5-11)15-18(13)10-17-9-8-14-16-17/h1-5H,6-10H2. The molecular weight excluding hydrogens is 242 g/mol. The van der Waals surface area contributed by atoms with Crippen molar-refractivity contribution in [1.29, 1.82) is 0 Å². The van der Waals surface area contributed by atoms with E-state index in [1.807, 2.05) is 30.3 Å². The van der Waals surface area contributed by atoms with Gasteiger partial charge in [-0.25, -0.2) is 5.01 Å².